The van der Waals surface area contributed by atoms with Crippen LogP contribution in [0, 0.1) is 0 Å². The monoisotopic (exact) mass is 442 g/mol. The number of imidazole rings is 1. The van der Waals surface area contributed by atoms with Crippen LogP contribution in [0.2, 0.25) is 0 Å². The summed E-state index contributed by atoms with van der Waals surface area (Å²) in [5.41, 5.74) is 2.27. The van der Waals surface area contributed by atoms with Crippen molar-refractivity contribution in [1.29, 1.82) is 0 Å². The number of ether oxygens (including phenoxy) is 1. The number of benzene rings is 2. The topological polar surface area (TPSA) is 104 Å². The number of para-hydroxylation sites is 2. The third-order valence-corrected chi connectivity index (χ3v) is 7.07. The van der Waals surface area contributed by atoms with E-state index in [-0.39, 0.29) is 23.0 Å². The molecule has 1 aliphatic rings. The SMILES string of the molecule is CC1CN(S(=O)(=O)c2ccc(C(=O)NCCc3nc4ccccc4[nH]3)cc2)CC(C)O1. The summed E-state index contributed by atoms with van der Waals surface area (Å²) in [5, 5.41) is 2.85. The zero-order chi connectivity index (χ0) is 22.0. The van der Waals surface area contributed by atoms with Gasteiger partial charge < -0.3 is 15.0 Å². The Morgan fingerprint density at radius 3 is 2.48 bits per heavy atom. The molecule has 0 saturated carbocycles. The van der Waals surface area contributed by atoms with Gasteiger partial charge in [0.05, 0.1) is 28.1 Å². The molecule has 1 amide bonds. The smallest absolute Gasteiger partial charge is 0.251 e. The summed E-state index contributed by atoms with van der Waals surface area (Å²) in [6.07, 6.45) is 0.256. The maximum atomic E-state index is 12.9. The van der Waals surface area contributed by atoms with Gasteiger partial charge in [0.15, 0.2) is 0 Å². The molecule has 2 unspecified atom stereocenters. The summed E-state index contributed by atoms with van der Waals surface area (Å²) in [4.78, 5) is 20.3. The molecule has 1 fully saturated rings. The molecule has 0 aliphatic carbocycles. The van der Waals surface area contributed by atoms with Gasteiger partial charge >= 0.3 is 0 Å². The van der Waals surface area contributed by atoms with Crippen molar-refractivity contribution in [3.05, 3.63) is 59.9 Å². The van der Waals surface area contributed by atoms with Crippen LogP contribution in [0.5, 0.6) is 0 Å². The van der Waals surface area contributed by atoms with Gasteiger partial charge in [-0.25, -0.2) is 13.4 Å². The van der Waals surface area contributed by atoms with Crippen LogP contribution in [0.1, 0.15) is 30.0 Å². The molecule has 2 N–H and O–H groups in total. The molecule has 1 aromatic heterocycles. The Labute approximate surface area is 181 Å². The van der Waals surface area contributed by atoms with E-state index in [2.05, 4.69) is 15.3 Å². The van der Waals surface area contributed by atoms with Crippen LogP contribution in [0.15, 0.2) is 53.4 Å². The van der Waals surface area contributed by atoms with Gasteiger partial charge in [-0.05, 0) is 50.2 Å². The summed E-state index contributed by atoms with van der Waals surface area (Å²) in [6.45, 7) is 4.77. The van der Waals surface area contributed by atoms with Crippen molar-refractivity contribution in [1.82, 2.24) is 19.6 Å². The molecule has 164 valence electrons. The molecule has 9 heteroatoms. The normalized spacial score (nSPS) is 20.1. The second-order valence-electron chi connectivity index (χ2n) is 7.81. The summed E-state index contributed by atoms with van der Waals surface area (Å²) in [5.74, 6) is 0.547. The summed E-state index contributed by atoms with van der Waals surface area (Å²) in [7, 11) is -3.63. The number of hydrogen-bond acceptors (Lipinski definition) is 5. The van der Waals surface area contributed by atoms with Gasteiger partial charge in [-0.15, -0.1) is 0 Å². The van der Waals surface area contributed by atoms with Crippen molar-refractivity contribution in [3.8, 4) is 0 Å². The molecular formula is C22H26N4O4S. The van der Waals surface area contributed by atoms with Crippen LogP contribution in [0.3, 0.4) is 0 Å². The molecule has 0 spiro atoms. The van der Waals surface area contributed by atoms with Gasteiger partial charge in [-0.2, -0.15) is 4.31 Å². The Bertz CT molecular complexity index is 1130. The lowest BCUT2D eigenvalue weighted by Gasteiger charge is -2.34. The fourth-order valence-corrected chi connectivity index (χ4v) is 5.37. The predicted molar refractivity (Wildman–Crippen MR) is 117 cm³/mol. The number of carbonyl (C=O) groups is 1. The molecule has 8 nitrogen and oxygen atoms in total. The van der Waals surface area contributed by atoms with Crippen molar-refractivity contribution in [2.75, 3.05) is 19.6 Å². The molecule has 1 saturated heterocycles. The fourth-order valence-electron chi connectivity index (χ4n) is 3.77. The van der Waals surface area contributed by atoms with Gasteiger partial charge in [0.2, 0.25) is 10.0 Å². The lowest BCUT2D eigenvalue weighted by molar-refractivity contribution is -0.0440. The first-order valence-electron chi connectivity index (χ1n) is 10.3. The molecule has 2 atom stereocenters. The molecular weight excluding hydrogens is 416 g/mol. The first-order chi connectivity index (χ1) is 14.8. The van der Waals surface area contributed by atoms with E-state index < -0.39 is 10.0 Å². The maximum absolute atomic E-state index is 12.9. The van der Waals surface area contributed by atoms with E-state index in [1.54, 1.807) is 0 Å². The number of rotatable bonds is 6. The minimum Gasteiger partial charge on any atom is -0.373 e. The van der Waals surface area contributed by atoms with E-state index in [4.69, 9.17) is 4.74 Å². The Morgan fingerprint density at radius 2 is 1.81 bits per heavy atom. The van der Waals surface area contributed by atoms with E-state index in [0.717, 1.165) is 16.9 Å². The maximum Gasteiger partial charge on any atom is 0.251 e. The highest BCUT2D eigenvalue weighted by molar-refractivity contribution is 7.89. The number of aromatic amines is 1. The summed E-state index contributed by atoms with van der Waals surface area (Å²) < 4.78 is 32.9. The first kappa shape index (κ1) is 21.5. The van der Waals surface area contributed by atoms with Crippen LogP contribution >= 0.6 is 0 Å². The molecule has 2 heterocycles. The average Bonchev–Trinajstić information content (AvgIpc) is 3.16. The highest BCUT2D eigenvalue weighted by Gasteiger charge is 2.32. The first-order valence-corrected chi connectivity index (χ1v) is 11.7. The van der Waals surface area contributed by atoms with Crippen molar-refractivity contribution < 1.29 is 17.9 Å². The quantitative estimate of drug-likeness (QED) is 0.610. The van der Waals surface area contributed by atoms with Gasteiger partial charge in [0, 0.05) is 31.6 Å². The van der Waals surface area contributed by atoms with Crippen LogP contribution in [-0.4, -0.2) is 60.4 Å². The predicted octanol–water partition coefficient (Wildman–Crippen LogP) is 2.33. The number of carbonyl (C=O) groups excluding carboxylic acids is 1. The van der Waals surface area contributed by atoms with Crippen LogP contribution in [0.4, 0.5) is 0 Å². The summed E-state index contributed by atoms with van der Waals surface area (Å²) >= 11 is 0. The number of aromatic nitrogens is 2. The highest BCUT2D eigenvalue weighted by Crippen LogP contribution is 2.21. The van der Waals surface area contributed by atoms with Crippen molar-refractivity contribution in [2.24, 2.45) is 0 Å². The lowest BCUT2D eigenvalue weighted by atomic mass is 10.2. The lowest BCUT2D eigenvalue weighted by Crippen LogP contribution is -2.48. The van der Waals surface area contributed by atoms with Gasteiger partial charge in [0.1, 0.15) is 5.82 Å². The molecule has 4 rings (SSSR count). The molecule has 2 aromatic carbocycles. The van der Waals surface area contributed by atoms with E-state index in [9.17, 15) is 13.2 Å². The number of fused-ring (bicyclic) bond motifs is 1. The highest BCUT2D eigenvalue weighted by atomic mass is 32.2. The van der Waals surface area contributed by atoms with Gasteiger partial charge in [-0.1, -0.05) is 12.1 Å². The molecule has 1 aliphatic heterocycles. The Morgan fingerprint density at radius 1 is 1.13 bits per heavy atom. The van der Waals surface area contributed by atoms with Crippen LogP contribution < -0.4 is 5.32 Å². The third kappa shape index (κ3) is 4.79. The zero-order valence-electron chi connectivity index (χ0n) is 17.5. The number of morpholine rings is 1. The second-order valence-corrected chi connectivity index (χ2v) is 9.75. The molecule has 0 radical (unpaired) electrons. The van der Waals surface area contributed by atoms with E-state index in [1.807, 2.05) is 38.1 Å². The number of sulfonamides is 1. The van der Waals surface area contributed by atoms with Gasteiger partial charge in [-0.3, -0.25) is 4.79 Å². The third-order valence-electron chi connectivity index (χ3n) is 5.23. The zero-order valence-corrected chi connectivity index (χ0v) is 18.4. The number of H-pyrrole nitrogens is 1. The number of hydrogen-bond donors (Lipinski definition) is 2. The van der Waals surface area contributed by atoms with Crippen molar-refractivity contribution >= 4 is 27.0 Å². The Kier molecular flexibility index (Phi) is 6.08. The molecule has 31 heavy (non-hydrogen) atoms. The largest absolute Gasteiger partial charge is 0.373 e. The number of nitrogens with zero attached hydrogens (tertiary/aromatic N) is 2. The van der Waals surface area contributed by atoms with E-state index in [0.29, 0.717) is 31.6 Å². The van der Waals surface area contributed by atoms with Crippen molar-refractivity contribution in [3.63, 3.8) is 0 Å². The molecule has 3 aromatic rings. The standard InChI is InChI=1S/C22H26N4O4S/c1-15-13-26(14-16(2)30-15)31(28,29)18-9-7-17(8-10-18)22(27)23-12-11-21-24-19-5-3-4-6-20(19)25-21/h3-10,15-16H,11-14H2,1-2H3,(H,23,27)(H,24,25). The van der Waals surface area contributed by atoms with E-state index >= 15 is 0 Å². The van der Waals surface area contributed by atoms with E-state index in [1.165, 1.54) is 28.6 Å². The van der Waals surface area contributed by atoms with Crippen molar-refractivity contribution in [2.45, 2.75) is 37.4 Å². The fraction of sp³-hybridized carbons (Fsp3) is 0.364. The average molecular weight is 443 g/mol. The second kappa shape index (κ2) is 8.78. The molecule has 0 bridgehead atoms. The minimum atomic E-state index is -3.63. The Hall–Kier alpha value is -2.75. The van der Waals surface area contributed by atoms with Gasteiger partial charge in [0.25, 0.3) is 5.91 Å². The van der Waals surface area contributed by atoms with Crippen LogP contribution in [-0.2, 0) is 21.2 Å². The number of amides is 1. The van der Waals surface area contributed by atoms with Crippen LogP contribution in [0.25, 0.3) is 11.0 Å². The minimum absolute atomic E-state index is 0.157. The number of nitrogens with one attached hydrogen (secondary N) is 2. The Balaban J connectivity index is 1.36. The summed E-state index contributed by atoms with van der Waals surface area (Å²) in [6, 6.07) is 13.8.